The van der Waals surface area contributed by atoms with Crippen LogP contribution < -0.4 is 16.4 Å². The second-order valence-electron chi connectivity index (χ2n) is 7.90. The Morgan fingerprint density at radius 3 is 2.83 bits per heavy atom. The van der Waals surface area contributed by atoms with Crippen LogP contribution in [0.2, 0.25) is 0 Å². The molecular formula is C24H27N5O. The summed E-state index contributed by atoms with van der Waals surface area (Å²) in [5.74, 6) is -0.113. The normalized spacial score (nSPS) is 16.5. The number of aryl methyl sites for hydroxylation is 1. The zero-order valence-corrected chi connectivity index (χ0v) is 17.2. The molecule has 6 nitrogen and oxygen atoms in total. The number of hydrogen-bond donors (Lipinski definition) is 2. The number of carbonyl (C=O) groups is 1. The van der Waals surface area contributed by atoms with E-state index < -0.39 is 0 Å². The Kier molecular flexibility index (Phi) is 5.77. The molecule has 4 rings (SSSR count). The molecule has 0 amide bonds. The van der Waals surface area contributed by atoms with Gasteiger partial charge in [-0.15, -0.1) is 0 Å². The standard InChI is InChI=1S/C24H27N5O/c1-16-5-2-3-7-19(16)21-9-8-20(26)24(28-21)23(30)13-17-14-27-11-10-22(17)29-12-4-6-18(25)15-29/h2-3,5,7-11,14,18H,4,6,12-13,15,25-26H2,1H3/t18-/m0/s1. The Morgan fingerprint density at radius 2 is 2.03 bits per heavy atom. The van der Waals surface area contributed by atoms with E-state index in [-0.39, 0.29) is 18.2 Å². The van der Waals surface area contributed by atoms with Gasteiger partial charge in [-0.3, -0.25) is 9.78 Å². The summed E-state index contributed by atoms with van der Waals surface area (Å²) in [6.45, 7) is 3.75. The number of nitrogen functional groups attached to an aromatic ring is 1. The molecule has 0 radical (unpaired) electrons. The molecule has 4 N–H and O–H groups in total. The van der Waals surface area contributed by atoms with Crippen LogP contribution in [0.25, 0.3) is 11.3 Å². The van der Waals surface area contributed by atoms with E-state index in [1.807, 2.05) is 43.3 Å². The molecule has 0 unspecified atom stereocenters. The van der Waals surface area contributed by atoms with Crippen molar-refractivity contribution in [1.82, 2.24) is 9.97 Å². The number of nitrogens with two attached hydrogens (primary N) is 2. The highest BCUT2D eigenvalue weighted by Gasteiger charge is 2.22. The second-order valence-corrected chi connectivity index (χ2v) is 7.90. The first-order chi connectivity index (χ1) is 14.5. The fraction of sp³-hybridized carbons (Fsp3) is 0.292. The van der Waals surface area contributed by atoms with E-state index in [9.17, 15) is 4.79 Å². The summed E-state index contributed by atoms with van der Waals surface area (Å²) >= 11 is 0. The molecule has 3 aromatic rings. The maximum Gasteiger partial charge on any atom is 0.187 e. The van der Waals surface area contributed by atoms with E-state index >= 15 is 0 Å². The van der Waals surface area contributed by atoms with Crippen molar-refractivity contribution in [2.24, 2.45) is 5.73 Å². The third kappa shape index (κ3) is 4.19. The summed E-state index contributed by atoms with van der Waals surface area (Å²) in [4.78, 5) is 24.3. The molecule has 0 bridgehead atoms. The number of nitrogens with zero attached hydrogens (tertiary/aromatic N) is 3. The molecule has 1 aliphatic heterocycles. The maximum absolute atomic E-state index is 13.2. The van der Waals surface area contributed by atoms with E-state index in [2.05, 4.69) is 14.9 Å². The van der Waals surface area contributed by atoms with Gasteiger partial charge in [0.15, 0.2) is 5.78 Å². The minimum atomic E-state index is -0.113. The first-order valence-corrected chi connectivity index (χ1v) is 10.3. The van der Waals surface area contributed by atoms with E-state index in [4.69, 9.17) is 11.5 Å². The van der Waals surface area contributed by atoms with Crippen LogP contribution >= 0.6 is 0 Å². The fourth-order valence-corrected chi connectivity index (χ4v) is 4.05. The van der Waals surface area contributed by atoms with Gasteiger partial charge in [0, 0.05) is 54.8 Å². The maximum atomic E-state index is 13.2. The van der Waals surface area contributed by atoms with Gasteiger partial charge in [-0.25, -0.2) is 4.98 Å². The second kappa shape index (κ2) is 8.63. The number of carbonyl (C=O) groups excluding carboxylic acids is 1. The van der Waals surface area contributed by atoms with E-state index in [0.717, 1.165) is 54.0 Å². The number of rotatable bonds is 5. The van der Waals surface area contributed by atoms with Crippen molar-refractivity contribution in [2.75, 3.05) is 23.7 Å². The first-order valence-electron chi connectivity index (χ1n) is 10.3. The van der Waals surface area contributed by atoms with Crippen molar-refractivity contribution < 1.29 is 4.79 Å². The number of ketones is 1. The van der Waals surface area contributed by atoms with E-state index in [1.54, 1.807) is 18.5 Å². The number of pyridine rings is 2. The largest absolute Gasteiger partial charge is 0.397 e. The third-order valence-corrected chi connectivity index (χ3v) is 5.64. The molecule has 2 aromatic heterocycles. The first kappa shape index (κ1) is 20.0. The number of hydrogen-bond acceptors (Lipinski definition) is 6. The van der Waals surface area contributed by atoms with Crippen molar-refractivity contribution in [3.8, 4) is 11.3 Å². The van der Waals surface area contributed by atoms with Gasteiger partial charge in [0.05, 0.1) is 11.4 Å². The summed E-state index contributed by atoms with van der Waals surface area (Å²) in [5.41, 5.74) is 17.7. The van der Waals surface area contributed by atoms with Gasteiger partial charge >= 0.3 is 0 Å². The van der Waals surface area contributed by atoms with Crippen molar-refractivity contribution in [3.05, 3.63) is 71.7 Å². The van der Waals surface area contributed by atoms with Crippen LogP contribution in [0.4, 0.5) is 11.4 Å². The van der Waals surface area contributed by atoms with Crippen LogP contribution in [-0.4, -0.2) is 34.9 Å². The smallest absolute Gasteiger partial charge is 0.187 e. The van der Waals surface area contributed by atoms with Gasteiger partial charge in [0.25, 0.3) is 0 Å². The van der Waals surface area contributed by atoms with Gasteiger partial charge in [-0.1, -0.05) is 24.3 Å². The van der Waals surface area contributed by atoms with Crippen LogP contribution in [0, 0.1) is 6.92 Å². The summed E-state index contributed by atoms with van der Waals surface area (Å²) in [5, 5.41) is 0. The monoisotopic (exact) mass is 401 g/mol. The fourth-order valence-electron chi connectivity index (χ4n) is 4.05. The minimum Gasteiger partial charge on any atom is -0.397 e. The molecule has 6 heteroatoms. The SMILES string of the molecule is Cc1ccccc1-c1ccc(N)c(C(=O)Cc2cnccc2N2CCC[C@H](N)C2)n1. The number of benzene rings is 1. The van der Waals surface area contributed by atoms with Gasteiger partial charge in [0.1, 0.15) is 5.69 Å². The summed E-state index contributed by atoms with van der Waals surface area (Å²) < 4.78 is 0. The topological polar surface area (TPSA) is 98.1 Å². The summed E-state index contributed by atoms with van der Waals surface area (Å²) in [6, 6.07) is 13.7. The molecule has 1 atom stereocenters. The van der Waals surface area contributed by atoms with Gasteiger partial charge in [0.2, 0.25) is 0 Å². The molecule has 1 aliphatic rings. The lowest BCUT2D eigenvalue weighted by atomic mass is 10.0. The average molecular weight is 402 g/mol. The molecule has 1 aromatic carbocycles. The van der Waals surface area contributed by atoms with Crippen molar-refractivity contribution in [1.29, 1.82) is 0 Å². The van der Waals surface area contributed by atoms with Crippen molar-refractivity contribution in [2.45, 2.75) is 32.2 Å². The van der Waals surface area contributed by atoms with E-state index in [0.29, 0.717) is 11.4 Å². The highest BCUT2D eigenvalue weighted by atomic mass is 16.1. The molecule has 3 heterocycles. The zero-order valence-electron chi connectivity index (χ0n) is 17.2. The van der Waals surface area contributed by atoms with Gasteiger partial charge in [-0.05, 0) is 43.5 Å². The predicted molar refractivity (Wildman–Crippen MR) is 121 cm³/mol. The molecule has 1 saturated heterocycles. The predicted octanol–water partition coefficient (Wildman–Crippen LogP) is 3.39. The van der Waals surface area contributed by atoms with Gasteiger partial charge < -0.3 is 16.4 Å². The molecule has 0 aliphatic carbocycles. The lowest BCUT2D eigenvalue weighted by Gasteiger charge is -2.33. The molecular weight excluding hydrogens is 374 g/mol. The quantitative estimate of drug-likeness (QED) is 0.636. The highest BCUT2D eigenvalue weighted by molar-refractivity contribution is 6.01. The number of anilines is 2. The number of Topliss-reactive ketones (excluding diaryl/α,β-unsaturated/α-hetero) is 1. The Morgan fingerprint density at radius 1 is 1.20 bits per heavy atom. The molecule has 1 fully saturated rings. The Labute approximate surface area is 176 Å². The Bertz CT molecular complexity index is 1060. The van der Waals surface area contributed by atoms with Crippen LogP contribution in [0.3, 0.4) is 0 Å². The van der Waals surface area contributed by atoms with Crippen molar-refractivity contribution in [3.63, 3.8) is 0 Å². The number of aromatic nitrogens is 2. The lowest BCUT2D eigenvalue weighted by molar-refractivity contribution is 0.0989. The third-order valence-electron chi connectivity index (χ3n) is 5.64. The molecule has 0 spiro atoms. The molecule has 154 valence electrons. The molecule has 0 saturated carbocycles. The summed E-state index contributed by atoms with van der Waals surface area (Å²) in [7, 11) is 0. The van der Waals surface area contributed by atoms with Crippen LogP contribution in [0.15, 0.2) is 54.9 Å². The van der Waals surface area contributed by atoms with Crippen LogP contribution in [0.1, 0.15) is 34.5 Å². The molecule has 30 heavy (non-hydrogen) atoms. The number of piperidine rings is 1. The van der Waals surface area contributed by atoms with Gasteiger partial charge in [-0.2, -0.15) is 0 Å². The average Bonchev–Trinajstić information content (AvgIpc) is 2.75. The highest BCUT2D eigenvalue weighted by Crippen LogP contribution is 2.27. The summed E-state index contributed by atoms with van der Waals surface area (Å²) in [6.07, 6.45) is 5.79. The van der Waals surface area contributed by atoms with E-state index in [1.165, 1.54) is 0 Å². The minimum absolute atomic E-state index is 0.113. The van der Waals surface area contributed by atoms with Crippen LogP contribution in [-0.2, 0) is 6.42 Å². The Balaban J connectivity index is 1.62. The van der Waals surface area contributed by atoms with Crippen molar-refractivity contribution >= 4 is 17.2 Å². The zero-order chi connectivity index (χ0) is 21.1. The lowest BCUT2D eigenvalue weighted by Crippen LogP contribution is -2.43. The Hall–Kier alpha value is -3.25. The van der Waals surface area contributed by atoms with Crippen LogP contribution in [0.5, 0.6) is 0 Å².